The summed E-state index contributed by atoms with van der Waals surface area (Å²) in [6.45, 7) is 0. The highest BCUT2D eigenvalue weighted by molar-refractivity contribution is 7.59. The molecule has 2 saturated carbocycles. The van der Waals surface area contributed by atoms with E-state index in [1.54, 1.807) is 0 Å². The van der Waals surface area contributed by atoms with E-state index in [4.69, 9.17) is 23.2 Å². The van der Waals surface area contributed by atoms with Crippen LogP contribution >= 0.6 is 36.7 Å². The smallest absolute Gasteiger partial charge is 0.157 e. The fourth-order valence-electron chi connectivity index (χ4n) is 5.04. The summed E-state index contributed by atoms with van der Waals surface area (Å²) in [4.78, 5) is 24.4. The second-order valence-corrected chi connectivity index (χ2v) is 9.35. The molecule has 2 aromatic rings. The zero-order valence-electron chi connectivity index (χ0n) is 19.3. The number of carbonyl (C=O) groups excluding carboxylic acids is 2. The van der Waals surface area contributed by atoms with E-state index in [9.17, 15) is 9.59 Å². The van der Waals surface area contributed by atoms with Gasteiger partial charge in [0, 0.05) is 22.9 Å². The summed E-state index contributed by atoms with van der Waals surface area (Å²) >= 11 is 12.4. The first kappa shape index (κ1) is 27.9. The first-order valence-electron chi connectivity index (χ1n) is 11.4. The average molecular weight is 510 g/mol. The molecule has 2 aromatic carbocycles. The van der Waals surface area contributed by atoms with E-state index < -0.39 is 11.1 Å². The first-order chi connectivity index (χ1) is 15.4. The van der Waals surface area contributed by atoms with Crippen LogP contribution in [0.1, 0.15) is 62.5 Å². The fourth-order valence-corrected chi connectivity index (χ4v) is 5.63. The Bertz CT molecular complexity index is 893. The number of halogens is 2. The maximum absolute atomic E-state index is 12.2. The van der Waals surface area contributed by atoms with Crippen molar-refractivity contribution < 1.29 is 9.59 Å². The molecule has 4 nitrogen and oxygen atoms in total. The Morgan fingerprint density at radius 1 is 0.667 bits per heavy atom. The second kappa shape index (κ2) is 12.4. The lowest BCUT2D eigenvalue weighted by molar-refractivity contribution is -0.128. The lowest BCUT2D eigenvalue weighted by atomic mass is 9.75. The summed E-state index contributed by atoms with van der Waals surface area (Å²) in [5.74, 6) is 0.517. The van der Waals surface area contributed by atoms with E-state index >= 15 is 0 Å². The summed E-state index contributed by atoms with van der Waals surface area (Å²) in [5, 5.41) is 7.73. The number of likely N-dealkylation sites (N-methyl/N-ethyl adjacent to an activating group) is 2. The largest absolute Gasteiger partial charge is 0.304 e. The molecule has 0 radical (unpaired) electrons. The van der Waals surface area contributed by atoms with Gasteiger partial charge in [0.2, 0.25) is 0 Å². The van der Waals surface area contributed by atoms with Crippen molar-refractivity contribution in [3.8, 4) is 0 Å². The van der Waals surface area contributed by atoms with Crippen LogP contribution in [0.25, 0.3) is 0 Å². The SMILES string of the molecule is CNC1(c2ccccc2Cl)CCCCC1=O.CN[C@]1(c2ccccc2Cl)CCCCC1=O.S. The number of Topliss-reactive ketones (excluding diaryl/α,β-unsaturated/α-hetero) is 2. The molecule has 0 heterocycles. The minimum atomic E-state index is -0.559. The number of carbonyl (C=O) groups is 2. The Balaban J connectivity index is 0.000000227. The van der Waals surface area contributed by atoms with Crippen LogP contribution in [0, 0.1) is 0 Å². The van der Waals surface area contributed by atoms with Crippen molar-refractivity contribution in [2.24, 2.45) is 0 Å². The van der Waals surface area contributed by atoms with Crippen LogP contribution in [0.3, 0.4) is 0 Å². The molecule has 2 aliphatic rings. The predicted molar refractivity (Wildman–Crippen MR) is 142 cm³/mol. The summed E-state index contributed by atoms with van der Waals surface area (Å²) in [5.41, 5.74) is 0.723. The van der Waals surface area contributed by atoms with Gasteiger partial charge >= 0.3 is 0 Å². The molecule has 0 spiro atoms. The van der Waals surface area contributed by atoms with Crippen LogP contribution in [-0.4, -0.2) is 25.7 Å². The third-order valence-corrected chi connectivity index (χ3v) is 7.54. The van der Waals surface area contributed by atoms with Crippen molar-refractivity contribution in [3.63, 3.8) is 0 Å². The molecular weight excluding hydrogens is 475 g/mol. The van der Waals surface area contributed by atoms with Gasteiger partial charge < -0.3 is 10.6 Å². The Kier molecular flexibility index (Phi) is 10.4. The normalized spacial score (nSPS) is 25.0. The van der Waals surface area contributed by atoms with E-state index in [0.29, 0.717) is 22.9 Å². The molecule has 0 bridgehead atoms. The highest BCUT2D eigenvalue weighted by Gasteiger charge is 2.42. The number of hydrogen-bond acceptors (Lipinski definition) is 4. The summed E-state index contributed by atoms with van der Waals surface area (Å²) in [6, 6.07) is 15.2. The van der Waals surface area contributed by atoms with E-state index in [0.717, 1.165) is 49.7 Å². The van der Waals surface area contributed by atoms with Gasteiger partial charge in [0.05, 0.1) is 0 Å². The number of hydrogen-bond donors (Lipinski definition) is 2. The lowest BCUT2D eigenvalue weighted by Crippen LogP contribution is -2.49. The van der Waals surface area contributed by atoms with Gasteiger partial charge in [0.1, 0.15) is 11.1 Å². The quantitative estimate of drug-likeness (QED) is 0.538. The lowest BCUT2D eigenvalue weighted by Gasteiger charge is -2.36. The van der Waals surface area contributed by atoms with E-state index in [-0.39, 0.29) is 25.1 Å². The Morgan fingerprint density at radius 3 is 1.33 bits per heavy atom. The van der Waals surface area contributed by atoms with Gasteiger partial charge in [-0.15, -0.1) is 0 Å². The first-order valence-corrected chi connectivity index (χ1v) is 12.1. The van der Waals surface area contributed by atoms with Gasteiger partial charge in [0.15, 0.2) is 11.6 Å². The number of rotatable bonds is 4. The van der Waals surface area contributed by atoms with Gasteiger partial charge in [-0.1, -0.05) is 72.4 Å². The van der Waals surface area contributed by atoms with Gasteiger partial charge in [0.25, 0.3) is 0 Å². The Hall–Kier alpha value is -1.37. The maximum Gasteiger partial charge on any atom is 0.157 e. The van der Waals surface area contributed by atoms with Gasteiger partial charge in [-0.25, -0.2) is 0 Å². The van der Waals surface area contributed by atoms with Crippen molar-refractivity contribution in [3.05, 3.63) is 69.7 Å². The van der Waals surface area contributed by atoms with Crippen LogP contribution in [0.2, 0.25) is 10.0 Å². The van der Waals surface area contributed by atoms with E-state index in [1.165, 1.54) is 0 Å². The van der Waals surface area contributed by atoms with Crippen LogP contribution in [0.4, 0.5) is 0 Å². The summed E-state index contributed by atoms with van der Waals surface area (Å²) < 4.78 is 0. The van der Waals surface area contributed by atoms with Crippen LogP contribution < -0.4 is 10.6 Å². The molecule has 0 aromatic heterocycles. The van der Waals surface area contributed by atoms with Crippen molar-refractivity contribution in [2.45, 2.75) is 62.4 Å². The number of benzene rings is 2. The molecule has 2 N–H and O–H groups in total. The van der Waals surface area contributed by atoms with Gasteiger partial charge in [-0.3, -0.25) is 9.59 Å². The molecule has 2 fully saturated rings. The highest BCUT2D eigenvalue weighted by Crippen LogP contribution is 2.38. The molecule has 33 heavy (non-hydrogen) atoms. The molecule has 2 atom stereocenters. The predicted octanol–water partition coefficient (Wildman–Crippen LogP) is 5.91. The molecular formula is C26H34Cl2N2O2S. The average Bonchev–Trinajstić information content (AvgIpc) is 2.82. The standard InChI is InChI=1S/2C13H16ClNO.H2S/c2*1-15-13(9-5-4-8-12(13)16)10-6-2-3-7-11(10)14;/h2*2-3,6-7,15H,4-5,8-9H2,1H3;1H2/t13-;;/m0../s1. The third kappa shape index (κ3) is 5.66. The molecule has 0 saturated heterocycles. The fraction of sp³-hybridized carbons (Fsp3) is 0.462. The molecule has 0 amide bonds. The van der Waals surface area contributed by atoms with E-state index in [1.807, 2.05) is 62.6 Å². The van der Waals surface area contributed by atoms with Gasteiger partial charge in [-0.2, -0.15) is 13.5 Å². The minimum Gasteiger partial charge on any atom is -0.304 e. The Labute approximate surface area is 214 Å². The van der Waals surface area contributed by atoms with Gasteiger partial charge in [-0.05, 0) is 63.0 Å². The zero-order chi connectivity index (χ0) is 23.2. The zero-order valence-corrected chi connectivity index (χ0v) is 21.9. The third-order valence-electron chi connectivity index (χ3n) is 6.88. The van der Waals surface area contributed by atoms with Crippen molar-refractivity contribution >= 4 is 48.3 Å². The molecule has 7 heteroatoms. The summed E-state index contributed by atoms with van der Waals surface area (Å²) in [6.07, 6.45) is 7.09. The topological polar surface area (TPSA) is 58.2 Å². The highest BCUT2D eigenvalue weighted by atomic mass is 35.5. The molecule has 180 valence electrons. The molecule has 0 aliphatic heterocycles. The molecule has 1 unspecified atom stereocenters. The number of nitrogens with one attached hydrogen (secondary N) is 2. The molecule has 4 rings (SSSR count). The minimum absolute atomic E-state index is 0. The Morgan fingerprint density at radius 2 is 1.03 bits per heavy atom. The molecule has 2 aliphatic carbocycles. The van der Waals surface area contributed by atoms with Crippen molar-refractivity contribution in [2.75, 3.05) is 14.1 Å². The van der Waals surface area contributed by atoms with Crippen LogP contribution in [0.15, 0.2) is 48.5 Å². The van der Waals surface area contributed by atoms with Crippen LogP contribution in [-0.2, 0) is 20.7 Å². The van der Waals surface area contributed by atoms with Crippen molar-refractivity contribution in [1.82, 2.24) is 10.6 Å². The van der Waals surface area contributed by atoms with Crippen molar-refractivity contribution in [1.29, 1.82) is 0 Å². The van der Waals surface area contributed by atoms with Crippen LogP contribution in [0.5, 0.6) is 0 Å². The van der Waals surface area contributed by atoms with E-state index in [2.05, 4.69) is 10.6 Å². The monoisotopic (exact) mass is 508 g/mol. The number of ketones is 2. The summed E-state index contributed by atoms with van der Waals surface area (Å²) in [7, 11) is 3.68. The second-order valence-electron chi connectivity index (χ2n) is 8.53. The maximum atomic E-state index is 12.2.